The summed E-state index contributed by atoms with van der Waals surface area (Å²) < 4.78 is 17.0. The molecule has 1 unspecified atom stereocenters. The summed E-state index contributed by atoms with van der Waals surface area (Å²) in [7, 11) is 0. The molecular formula is C74H132O6. The molecule has 6 nitrogen and oxygen atoms in total. The number of hydrogen-bond acceptors (Lipinski definition) is 6. The molecule has 6 heteroatoms. The maximum atomic E-state index is 12.9. The average molecular weight is 1120 g/mol. The summed E-state index contributed by atoms with van der Waals surface area (Å²) in [5.74, 6) is -0.880. The summed E-state index contributed by atoms with van der Waals surface area (Å²) in [6, 6.07) is 0. The first-order valence-electron chi connectivity index (χ1n) is 34.9. The van der Waals surface area contributed by atoms with Crippen LogP contribution in [0.3, 0.4) is 0 Å². The van der Waals surface area contributed by atoms with Crippen molar-refractivity contribution in [1.29, 1.82) is 0 Å². The summed E-state index contributed by atoms with van der Waals surface area (Å²) in [5, 5.41) is 0. The molecule has 0 amide bonds. The summed E-state index contributed by atoms with van der Waals surface area (Å²) in [4.78, 5) is 38.4. The Labute approximate surface area is 497 Å². The van der Waals surface area contributed by atoms with E-state index in [9.17, 15) is 14.4 Å². The molecule has 0 rings (SSSR count). The fraction of sp³-hybridized carbons (Fsp3) is 0.797. The Kier molecular flexibility index (Phi) is 65.7. The van der Waals surface area contributed by atoms with Gasteiger partial charge in [-0.05, 0) is 83.5 Å². The SMILES string of the molecule is CC/C=C\C/C=C\C/C=C\CCCCCCCCCC(=O)OCC(COC(=O)CCCCCCCCCCCCCCCCCCCCCCCCCCCCCC)OC(=O)CCCCCCCCC/C=C\C/C=C\C/C=C\CC. The van der Waals surface area contributed by atoms with Gasteiger partial charge in [0.25, 0.3) is 0 Å². The lowest BCUT2D eigenvalue weighted by molar-refractivity contribution is -0.167. The Balaban J connectivity index is 4.25. The number of carbonyl (C=O) groups excluding carboxylic acids is 3. The topological polar surface area (TPSA) is 78.9 Å². The van der Waals surface area contributed by atoms with Gasteiger partial charge >= 0.3 is 17.9 Å². The molecule has 0 bridgehead atoms. The predicted molar refractivity (Wildman–Crippen MR) is 348 cm³/mol. The van der Waals surface area contributed by atoms with Gasteiger partial charge in [0.15, 0.2) is 6.10 Å². The third-order valence-electron chi connectivity index (χ3n) is 15.5. The van der Waals surface area contributed by atoms with E-state index < -0.39 is 6.10 Å². The number of rotatable bonds is 64. The molecule has 0 aromatic heterocycles. The van der Waals surface area contributed by atoms with E-state index in [2.05, 4.69) is 93.7 Å². The molecule has 0 fully saturated rings. The van der Waals surface area contributed by atoms with Crippen LogP contribution in [-0.4, -0.2) is 37.2 Å². The van der Waals surface area contributed by atoms with Crippen molar-refractivity contribution in [1.82, 2.24) is 0 Å². The summed E-state index contributed by atoms with van der Waals surface area (Å²) in [6.45, 7) is 6.46. The van der Waals surface area contributed by atoms with Gasteiger partial charge in [-0.1, -0.05) is 331 Å². The van der Waals surface area contributed by atoms with Crippen LogP contribution < -0.4 is 0 Å². The molecule has 80 heavy (non-hydrogen) atoms. The van der Waals surface area contributed by atoms with Gasteiger partial charge in [-0.25, -0.2) is 0 Å². The normalized spacial score (nSPS) is 12.5. The fourth-order valence-electron chi connectivity index (χ4n) is 10.3. The van der Waals surface area contributed by atoms with E-state index in [-0.39, 0.29) is 31.1 Å². The minimum absolute atomic E-state index is 0.0797. The van der Waals surface area contributed by atoms with Crippen molar-refractivity contribution in [2.24, 2.45) is 0 Å². The van der Waals surface area contributed by atoms with Crippen molar-refractivity contribution in [2.45, 2.75) is 367 Å². The predicted octanol–water partition coefficient (Wildman–Crippen LogP) is 24.1. The second-order valence-electron chi connectivity index (χ2n) is 23.4. The molecule has 464 valence electrons. The monoisotopic (exact) mass is 1120 g/mol. The zero-order valence-corrected chi connectivity index (χ0v) is 53.3. The van der Waals surface area contributed by atoms with Gasteiger partial charge in [0.05, 0.1) is 0 Å². The Morgan fingerprint density at radius 2 is 0.487 bits per heavy atom. The number of unbranched alkanes of at least 4 members (excludes halogenated alkanes) is 41. The summed E-state index contributed by atoms with van der Waals surface area (Å²) in [5.41, 5.74) is 0. The van der Waals surface area contributed by atoms with Crippen LogP contribution in [0.1, 0.15) is 361 Å². The van der Waals surface area contributed by atoms with E-state index in [1.807, 2.05) is 0 Å². The molecule has 0 saturated carbocycles. The molecule has 0 aromatic carbocycles. The van der Waals surface area contributed by atoms with E-state index >= 15 is 0 Å². The zero-order valence-electron chi connectivity index (χ0n) is 53.3. The molecule has 0 aliphatic carbocycles. The molecule has 0 radical (unpaired) electrons. The highest BCUT2D eigenvalue weighted by molar-refractivity contribution is 5.71. The largest absolute Gasteiger partial charge is 0.462 e. The lowest BCUT2D eigenvalue weighted by atomic mass is 10.0. The van der Waals surface area contributed by atoms with Crippen LogP contribution in [0.2, 0.25) is 0 Å². The number of hydrogen-bond donors (Lipinski definition) is 0. The second kappa shape index (κ2) is 68.3. The highest BCUT2D eigenvalue weighted by Crippen LogP contribution is 2.18. The lowest BCUT2D eigenvalue weighted by Gasteiger charge is -2.18. The first-order valence-corrected chi connectivity index (χ1v) is 34.9. The van der Waals surface area contributed by atoms with Crippen LogP contribution >= 0.6 is 0 Å². The first kappa shape index (κ1) is 76.9. The quantitative estimate of drug-likeness (QED) is 0.0261. The van der Waals surface area contributed by atoms with Crippen molar-refractivity contribution >= 4 is 17.9 Å². The Bertz CT molecular complexity index is 1470. The highest BCUT2D eigenvalue weighted by atomic mass is 16.6. The van der Waals surface area contributed by atoms with Gasteiger partial charge < -0.3 is 14.2 Å². The van der Waals surface area contributed by atoms with E-state index in [0.717, 1.165) is 109 Å². The molecule has 1 atom stereocenters. The Morgan fingerprint density at radius 3 is 0.762 bits per heavy atom. The maximum Gasteiger partial charge on any atom is 0.306 e. The minimum atomic E-state index is -0.786. The van der Waals surface area contributed by atoms with Crippen molar-refractivity contribution < 1.29 is 28.6 Å². The number of allylic oxidation sites excluding steroid dienone is 12. The molecule has 0 N–H and O–H groups in total. The number of ether oxygens (including phenoxy) is 3. The van der Waals surface area contributed by atoms with E-state index in [1.54, 1.807) is 0 Å². The molecule has 0 aromatic rings. The van der Waals surface area contributed by atoms with Crippen LogP contribution in [-0.2, 0) is 28.6 Å². The lowest BCUT2D eigenvalue weighted by Crippen LogP contribution is -2.30. The Morgan fingerprint density at radius 1 is 0.263 bits per heavy atom. The second-order valence-corrected chi connectivity index (χ2v) is 23.4. The minimum Gasteiger partial charge on any atom is -0.462 e. The third-order valence-corrected chi connectivity index (χ3v) is 15.5. The highest BCUT2D eigenvalue weighted by Gasteiger charge is 2.19. The standard InChI is InChI=1S/C74H132O6/c1-4-7-10-13-16-19-22-25-28-31-32-33-34-35-36-37-38-39-40-41-44-46-49-52-55-58-61-64-67-73(76)79-70-71(80-74(77)68-65-62-59-56-53-50-47-43-30-27-24-21-18-15-12-9-6-3)69-78-72(75)66-63-60-57-54-51-48-45-42-29-26-23-20-17-14-11-8-5-2/h8-9,11-12,17-18,20-21,26-27,29-30,71H,4-7,10,13-16,19,22-25,28,31-70H2,1-3H3/b11-8-,12-9-,20-17-,21-18-,29-26-,30-27-. The average Bonchev–Trinajstić information content (AvgIpc) is 3.46. The molecule has 0 spiro atoms. The smallest absolute Gasteiger partial charge is 0.306 e. The van der Waals surface area contributed by atoms with Crippen molar-refractivity contribution in [3.8, 4) is 0 Å². The van der Waals surface area contributed by atoms with E-state index in [4.69, 9.17) is 14.2 Å². The zero-order chi connectivity index (χ0) is 57.8. The first-order chi connectivity index (χ1) is 39.5. The van der Waals surface area contributed by atoms with Crippen LogP contribution in [0.5, 0.6) is 0 Å². The summed E-state index contributed by atoms with van der Waals surface area (Å²) in [6.07, 6.45) is 89.4. The fourth-order valence-corrected chi connectivity index (χ4v) is 10.3. The van der Waals surface area contributed by atoms with Gasteiger partial charge in [0.1, 0.15) is 13.2 Å². The van der Waals surface area contributed by atoms with Crippen LogP contribution in [0.25, 0.3) is 0 Å². The van der Waals surface area contributed by atoms with Crippen LogP contribution in [0.4, 0.5) is 0 Å². The van der Waals surface area contributed by atoms with E-state index in [1.165, 1.54) is 212 Å². The third kappa shape index (κ3) is 65.7. The maximum absolute atomic E-state index is 12.9. The van der Waals surface area contributed by atoms with Crippen molar-refractivity contribution in [2.75, 3.05) is 13.2 Å². The van der Waals surface area contributed by atoms with Gasteiger partial charge in [-0.3, -0.25) is 14.4 Å². The van der Waals surface area contributed by atoms with Crippen LogP contribution in [0, 0.1) is 0 Å². The van der Waals surface area contributed by atoms with Gasteiger partial charge in [-0.15, -0.1) is 0 Å². The molecule has 0 aliphatic rings. The number of carbonyl (C=O) groups is 3. The van der Waals surface area contributed by atoms with Gasteiger partial charge in [-0.2, -0.15) is 0 Å². The molecule has 0 saturated heterocycles. The number of esters is 3. The van der Waals surface area contributed by atoms with E-state index in [0.29, 0.717) is 19.3 Å². The molecular weight excluding hydrogens is 985 g/mol. The van der Waals surface area contributed by atoms with Crippen molar-refractivity contribution in [3.63, 3.8) is 0 Å². The Hall–Kier alpha value is -3.15. The van der Waals surface area contributed by atoms with Gasteiger partial charge in [0.2, 0.25) is 0 Å². The van der Waals surface area contributed by atoms with Crippen LogP contribution in [0.15, 0.2) is 72.9 Å². The molecule has 0 aliphatic heterocycles. The van der Waals surface area contributed by atoms with Gasteiger partial charge in [0, 0.05) is 19.3 Å². The summed E-state index contributed by atoms with van der Waals surface area (Å²) >= 11 is 0. The molecule has 0 heterocycles. The van der Waals surface area contributed by atoms with Crippen molar-refractivity contribution in [3.05, 3.63) is 72.9 Å².